The Kier molecular flexibility index (Phi) is 3.99. The number of carboxylic acid groups (broad SMARTS) is 1. The average molecular weight is 309 g/mol. The molecule has 2 atom stereocenters. The number of aryl methyl sites for hydroxylation is 2. The lowest BCUT2D eigenvalue weighted by molar-refractivity contribution is -0.142. The van der Waals surface area contributed by atoms with Gasteiger partial charge < -0.3 is 14.7 Å². The van der Waals surface area contributed by atoms with E-state index >= 15 is 0 Å². The molecule has 1 aromatic rings. The average Bonchev–Trinajstić information content (AvgIpc) is 3.11. The van der Waals surface area contributed by atoms with E-state index in [9.17, 15) is 14.7 Å². The molecule has 6 heteroatoms. The molecule has 1 fully saturated rings. The normalized spacial score (nSPS) is 24.6. The molecule has 0 saturated carbocycles. The minimum Gasteiger partial charge on any atom is -0.481 e. The predicted octanol–water partition coefficient (Wildman–Crippen LogP) is 1.80. The van der Waals surface area contributed by atoms with Gasteiger partial charge in [0.15, 0.2) is 0 Å². The van der Waals surface area contributed by atoms with Crippen molar-refractivity contribution in [2.75, 3.05) is 20.3 Å². The minimum atomic E-state index is -0.900. The van der Waals surface area contributed by atoms with Gasteiger partial charge in [0.25, 0.3) is 5.91 Å². The lowest BCUT2D eigenvalue weighted by Crippen LogP contribution is -2.43. The van der Waals surface area contributed by atoms with Crippen LogP contribution in [0.1, 0.15) is 33.0 Å². The maximum atomic E-state index is 12.6. The Labute approximate surface area is 127 Å². The summed E-state index contributed by atoms with van der Waals surface area (Å²) in [5, 5.41) is 9.20. The number of carboxylic acids is 1. The van der Waals surface area contributed by atoms with Gasteiger partial charge in [-0.1, -0.05) is 0 Å². The van der Waals surface area contributed by atoms with Crippen LogP contribution in [0.15, 0.2) is 6.07 Å². The maximum absolute atomic E-state index is 12.6. The van der Waals surface area contributed by atoms with Crippen LogP contribution in [-0.4, -0.2) is 48.2 Å². The Hall–Kier alpha value is -1.40. The topological polar surface area (TPSA) is 66.8 Å². The van der Waals surface area contributed by atoms with Gasteiger partial charge in [0.2, 0.25) is 0 Å². The molecule has 2 aliphatic rings. The van der Waals surface area contributed by atoms with Gasteiger partial charge in [0.1, 0.15) is 5.92 Å². The number of hydrogen-bond donors (Lipinski definition) is 1. The summed E-state index contributed by atoms with van der Waals surface area (Å²) in [6, 6.07) is 1.61. The summed E-state index contributed by atoms with van der Waals surface area (Å²) in [6.45, 7) is 0.475. The predicted molar refractivity (Wildman–Crippen MR) is 78.8 cm³/mol. The van der Waals surface area contributed by atoms with Crippen molar-refractivity contribution >= 4 is 23.2 Å². The van der Waals surface area contributed by atoms with Crippen LogP contribution in [0.2, 0.25) is 0 Å². The third-order valence-electron chi connectivity index (χ3n) is 4.39. The number of rotatable bonds is 3. The van der Waals surface area contributed by atoms with Crippen molar-refractivity contribution in [3.05, 3.63) is 21.4 Å². The maximum Gasteiger partial charge on any atom is 0.311 e. The van der Waals surface area contributed by atoms with Crippen LogP contribution in [0, 0.1) is 5.92 Å². The zero-order valence-electron chi connectivity index (χ0n) is 12.0. The lowest BCUT2D eigenvalue weighted by Gasteiger charge is -2.25. The van der Waals surface area contributed by atoms with Crippen LogP contribution < -0.4 is 0 Å². The zero-order valence-corrected chi connectivity index (χ0v) is 12.8. The van der Waals surface area contributed by atoms with Gasteiger partial charge in [-0.25, -0.2) is 0 Å². The van der Waals surface area contributed by atoms with Crippen LogP contribution in [0.25, 0.3) is 0 Å². The Bertz CT molecular complexity index is 545. The van der Waals surface area contributed by atoms with E-state index in [-0.39, 0.29) is 18.6 Å². The molecular weight excluding hydrogens is 290 g/mol. The molecule has 114 valence electrons. The zero-order chi connectivity index (χ0) is 15.0. The smallest absolute Gasteiger partial charge is 0.311 e. The number of carbonyl (C=O) groups is 2. The van der Waals surface area contributed by atoms with Crippen molar-refractivity contribution in [1.82, 2.24) is 4.90 Å². The van der Waals surface area contributed by atoms with Crippen LogP contribution in [0.3, 0.4) is 0 Å². The molecule has 1 aliphatic carbocycles. The SMILES string of the molecule is CN(C(=O)c1cc2c(s1)CCCC2)C1COCC1C(=O)O. The fourth-order valence-electron chi connectivity index (χ4n) is 3.08. The molecule has 1 saturated heterocycles. The summed E-state index contributed by atoms with van der Waals surface area (Å²) in [6.07, 6.45) is 4.48. The number of amides is 1. The Morgan fingerprint density at radius 3 is 2.81 bits per heavy atom. The first-order valence-electron chi connectivity index (χ1n) is 7.27. The van der Waals surface area contributed by atoms with Crippen LogP contribution in [0.4, 0.5) is 0 Å². The second kappa shape index (κ2) is 5.77. The van der Waals surface area contributed by atoms with E-state index in [2.05, 4.69) is 0 Å². The van der Waals surface area contributed by atoms with Crippen molar-refractivity contribution in [2.45, 2.75) is 31.7 Å². The Balaban J connectivity index is 1.78. The first kappa shape index (κ1) is 14.5. The number of nitrogens with zero attached hydrogens (tertiary/aromatic N) is 1. The summed E-state index contributed by atoms with van der Waals surface area (Å²) in [4.78, 5) is 27.4. The van der Waals surface area contributed by atoms with E-state index in [0.717, 1.165) is 17.7 Å². The molecule has 0 aromatic carbocycles. The van der Waals surface area contributed by atoms with Gasteiger partial charge in [0.05, 0.1) is 24.1 Å². The molecule has 1 aliphatic heterocycles. The molecule has 2 unspecified atom stereocenters. The van der Waals surface area contributed by atoms with Crippen molar-refractivity contribution in [3.63, 3.8) is 0 Å². The molecule has 0 radical (unpaired) electrons. The molecule has 1 amide bonds. The molecule has 1 aromatic heterocycles. The highest BCUT2D eigenvalue weighted by Crippen LogP contribution is 2.31. The standard InChI is InChI=1S/C15H19NO4S/c1-16(11-8-20-7-10(11)15(18)19)14(17)13-6-9-4-2-3-5-12(9)21-13/h6,10-11H,2-5,7-8H2,1H3,(H,18,19). The second-order valence-corrected chi connectivity index (χ2v) is 6.87. The van der Waals surface area contributed by atoms with E-state index < -0.39 is 11.9 Å². The van der Waals surface area contributed by atoms with E-state index in [4.69, 9.17) is 4.74 Å². The summed E-state index contributed by atoms with van der Waals surface area (Å²) in [5.41, 5.74) is 1.29. The number of thiophene rings is 1. The van der Waals surface area contributed by atoms with E-state index in [0.29, 0.717) is 6.61 Å². The Morgan fingerprint density at radius 1 is 1.33 bits per heavy atom. The molecule has 5 nitrogen and oxygen atoms in total. The third-order valence-corrected chi connectivity index (χ3v) is 5.62. The van der Waals surface area contributed by atoms with Crippen molar-refractivity contribution in [1.29, 1.82) is 0 Å². The fraction of sp³-hybridized carbons (Fsp3) is 0.600. The molecular formula is C15H19NO4S. The second-order valence-electron chi connectivity index (χ2n) is 5.73. The summed E-state index contributed by atoms with van der Waals surface area (Å²) >= 11 is 1.56. The monoisotopic (exact) mass is 309 g/mol. The van der Waals surface area contributed by atoms with E-state index in [1.807, 2.05) is 6.07 Å². The van der Waals surface area contributed by atoms with Crippen molar-refractivity contribution in [2.24, 2.45) is 5.92 Å². The van der Waals surface area contributed by atoms with Crippen LogP contribution in [-0.2, 0) is 22.4 Å². The number of aliphatic carboxylic acids is 1. The van der Waals surface area contributed by atoms with Crippen molar-refractivity contribution in [3.8, 4) is 0 Å². The highest BCUT2D eigenvalue weighted by Gasteiger charge is 2.39. The van der Waals surface area contributed by atoms with Crippen LogP contribution >= 0.6 is 11.3 Å². The number of ether oxygens (including phenoxy) is 1. The number of carbonyl (C=O) groups excluding carboxylic acids is 1. The van der Waals surface area contributed by atoms with E-state index in [1.165, 1.54) is 23.3 Å². The van der Waals surface area contributed by atoms with Gasteiger partial charge in [-0.15, -0.1) is 11.3 Å². The Morgan fingerprint density at radius 2 is 2.10 bits per heavy atom. The first-order valence-corrected chi connectivity index (χ1v) is 8.09. The number of hydrogen-bond acceptors (Lipinski definition) is 4. The van der Waals surface area contributed by atoms with Gasteiger partial charge >= 0.3 is 5.97 Å². The molecule has 2 heterocycles. The largest absolute Gasteiger partial charge is 0.481 e. The highest BCUT2D eigenvalue weighted by molar-refractivity contribution is 7.14. The summed E-state index contributed by atoms with van der Waals surface area (Å²) in [5.74, 6) is -1.62. The molecule has 1 N–H and O–H groups in total. The molecule has 0 spiro atoms. The minimum absolute atomic E-state index is 0.0869. The lowest BCUT2D eigenvalue weighted by atomic mass is 9.99. The molecule has 3 rings (SSSR count). The van der Waals surface area contributed by atoms with Crippen LogP contribution in [0.5, 0.6) is 0 Å². The first-order chi connectivity index (χ1) is 10.1. The number of likely N-dealkylation sites (N-methyl/N-ethyl adjacent to an activating group) is 1. The van der Waals surface area contributed by atoms with Gasteiger partial charge in [-0.2, -0.15) is 0 Å². The number of fused-ring (bicyclic) bond motifs is 1. The highest BCUT2D eigenvalue weighted by atomic mass is 32.1. The molecule has 21 heavy (non-hydrogen) atoms. The fourth-order valence-corrected chi connectivity index (χ4v) is 4.32. The van der Waals surface area contributed by atoms with Gasteiger partial charge in [0, 0.05) is 11.9 Å². The van der Waals surface area contributed by atoms with Gasteiger partial charge in [-0.3, -0.25) is 9.59 Å². The van der Waals surface area contributed by atoms with E-state index in [1.54, 1.807) is 23.3 Å². The summed E-state index contributed by atoms with van der Waals surface area (Å²) in [7, 11) is 1.68. The summed E-state index contributed by atoms with van der Waals surface area (Å²) < 4.78 is 5.25. The third kappa shape index (κ3) is 2.70. The van der Waals surface area contributed by atoms with Gasteiger partial charge in [-0.05, 0) is 37.3 Å². The molecule has 0 bridgehead atoms. The van der Waals surface area contributed by atoms with Crippen molar-refractivity contribution < 1.29 is 19.4 Å². The quantitative estimate of drug-likeness (QED) is 0.924.